The van der Waals surface area contributed by atoms with Gasteiger partial charge in [-0.25, -0.2) is 4.79 Å². The Hall–Kier alpha value is -2.43. The number of aryl methyl sites for hydroxylation is 1. The van der Waals surface area contributed by atoms with Gasteiger partial charge >= 0.3 is 5.97 Å². The summed E-state index contributed by atoms with van der Waals surface area (Å²) in [6.45, 7) is 0. The lowest BCUT2D eigenvalue weighted by Gasteiger charge is -2.06. The van der Waals surface area contributed by atoms with E-state index in [2.05, 4.69) is 0 Å². The number of hydrogen-bond acceptors (Lipinski definition) is 4. The van der Waals surface area contributed by atoms with Crippen molar-refractivity contribution < 1.29 is 19.8 Å². The van der Waals surface area contributed by atoms with Gasteiger partial charge in [0.25, 0.3) is 0 Å². The average Bonchev–Trinajstić information content (AvgIpc) is 2.72. The topological polar surface area (TPSA) is 71.7 Å². The molecule has 0 unspecified atom stereocenters. The third kappa shape index (κ3) is 3.51. The molecule has 2 N–H and O–H groups in total. The number of carbonyl (C=O) groups is 1. The molecule has 5 heteroatoms. The van der Waals surface area contributed by atoms with E-state index < -0.39 is 5.97 Å². The van der Waals surface area contributed by atoms with Crippen molar-refractivity contribution in [1.29, 1.82) is 0 Å². The summed E-state index contributed by atoms with van der Waals surface area (Å²) in [5.74, 6) is -1.12. The van der Waals surface area contributed by atoms with Crippen molar-refractivity contribution in [2.24, 2.45) is 0 Å². The molecule has 19 heavy (non-hydrogen) atoms. The van der Waals surface area contributed by atoms with E-state index in [4.69, 9.17) is 4.84 Å². The summed E-state index contributed by atoms with van der Waals surface area (Å²) in [5.41, 5.74) is 1.15. The molecule has 0 aliphatic heterocycles. The van der Waals surface area contributed by atoms with Crippen LogP contribution in [0.15, 0.2) is 42.5 Å². The Balaban J connectivity index is 1.79. The second kappa shape index (κ2) is 5.95. The minimum absolute atomic E-state index is 0.214. The van der Waals surface area contributed by atoms with Crippen molar-refractivity contribution in [2.45, 2.75) is 19.3 Å². The zero-order valence-corrected chi connectivity index (χ0v) is 10.3. The van der Waals surface area contributed by atoms with Crippen LogP contribution in [0.4, 0.5) is 0 Å². The maximum atomic E-state index is 11.5. The van der Waals surface area contributed by atoms with Gasteiger partial charge in [-0.15, -0.1) is 4.73 Å². The summed E-state index contributed by atoms with van der Waals surface area (Å²) < 4.78 is 0.699. The van der Waals surface area contributed by atoms with Crippen LogP contribution in [0.5, 0.6) is 11.8 Å². The Morgan fingerprint density at radius 2 is 1.68 bits per heavy atom. The Morgan fingerprint density at radius 3 is 2.32 bits per heavy atom. The molecule has 0 radical (unpaired) electrons. The van der Waals surface area contributed by atoms with E-state index in [1.807, 2.05) is 30.3 Å². The van der Waals surface area contributed by atoms with Crippen molar-refractivity contribution >= 4 is 5.97 Å². The summed E-state index contributed by atoms with van der Waals surface area (Å²) in [6, 6.07) is 12.3. The van der Waals surface area contributed by atoms with E-state index in [1.54, 1.807) is 0 Å². The van der Waals surface area contributed by atoms with Crippen LogP contribution in [0.2, 0.25) is 0 Å². The summed E-state index contributed by atoms with van der Waals surface area (Å²) >= 11 is 0. The number of hydrogen-bond donors (Lipinski definition) is 2. The predicted molar refractivity (Wildman–Crippen MR) is 68.7 cm³/mol. The molecule has 0 aliphatic rings. The molecule has 0 bridgehead atoms. The fraction of sp³-hybridized carbons (Fsp3) is 0.214. The first-order chi connectivity index (χ1) is 9.16. The van der Waals surface area contributed by atoms with E-state index in [0.29, 0.717) is 11.2 Å². The molecule has 100 valence electrons. The molecule has 1 heterocycles. The molecule has 0 amide bonds. The lowest BCUT2D eigenvalue weighted by molar-refractivity contribution is -0.145. The summed E-state index contributed by atoms with van der Waals surface area (Å²) in [4.78, 5) is 16.4. The highest BCUT2D eigenvalue weighted by Crippen LogP contribution is 2.19. The first-order valence-corrected chi connectivity index (χ1v) is 6.01. The number of carbonyl (C=O) groups excluding carboxylic acids is 1. The van der Waals surface area contributed by atoms with Crippen molar-refractivity contribution in [3.63, 3.8) is 0 Å². The molecule has 0 saturated heterocycles. The standard InChI is InChI=1S/C14H15NO4/c16-12-9-10-13(17)15(12)19-14(18)8-4-7-11-5-2-1-3-6-11/h1-3,5-6,9-10,16-17H,4,7-8H2. The van der Waals surface area contributed by atoms with E-state index in [-0.39, 0.29) is 18.2 Å². The largest absolute Gasteiger partial charge is 0.492 e. The molecule has 0 fully saturated rings. The number of aromatic nitrogens is 1. The minimum atomic E-state index is -0.502. The molecule has 2 rings (SSSR count). The molecule has 0 spiro atoms. The fourth-order valence-corrected chi connectivity index (χ4v) is 1.72. The first-order valence-electron chi connectivity index (χ1n) is 6.01. The molecule has 0 aliphatic carbocycles. The number of rotatable bonds is 5. The highest BCUT2D eigenvalue weighted by Gasteiger charge is 2.11. The monoisotopic (exact) mass is 261 g/mol. The van der Waals surface area contributed by atoms with Crippen LogP contribution in [0.1, 0.15) is 18.4 Å². The zero-order chi connectivity index (χ0) is 13.7. The quantitative estimate of drug-likeness (QED) is 0.862. The van der Waals surface area contributed by atoms with Crippen molar-refractivity contribution in [2.75, 3.05) is 0 Å². The Kier molecular flexibility index (Phi) is 4.07. The van der Waals surface area contributed by atoms with Crippen molar-refractivity contribution in [3.05, 3.63) is 48.0 Å². The second-order valence-corrected chi connectivity index (χ2v) is 4.15. The van der Waals surface area contributed by atoms with Gasteiger partial charge < -0.3 is 15.1 Å². The highest BCUT2D eigenvalue weighted by atomic mass is 16.7. The third-order valence-corrected chi connectivity index (χ3v) is 2.68. The van der Waals surface area contributed by atoms with Crippen LogP contribution in [-0.2, 0) is 11.2 Å². The highest BCUT2D eigenvalue weighted by molar-refractivity contribution is 5.69. The van der Waals surface area contributed by atoms with E-state index >= 15 is 0 Å². The van der Waals surface area contributed by atoms with Crippen LogP contribution < -0.4 is 4.84 Å². The van der Waals surface area contributed by atoms with Gasteiger partial charge in [-0.1, -0.05) is 30.3 Å². The number of benzene rings is 1. The van der Waals surface area contributed by atoms with E-state index in [9.17, 15) is 15.0 Å². The Labute approximate surface area is 110 Å². The molecule has 1 aromatic heterocycles. The SMILES string of the molecule is O=C(CCCc1ccccc1)On1c(O)ccc1O. The fourth-order valence-electron chi connectivity index (χ4n) is 1.72. The van der Waals surface area contributed by atoms with Gasteiger partial charge in [0, 0.05) is 18.6 Å². The van der Waals surface area contributed by atoms with Crippen LogP contribution in [0.25, 0.3) is 0 Å². The Morgan fingerprint density at radius 1 is 1.05 bits per heavy atom. The third-order valence-electron chi connectivity index (χ3n) is 2.68. The summed E-state index contributed by atoms with van der Waals surface area (Å²) in [6.07, 6.45) is 1.64. The van der Waals surface area contributed by atoms with Gasteiger partial charge in [0.15, 0.2) is 0 Å². The van der Waals surface area contributed by atoms with Gasteiger partial charge in [-0.2, -0.15) is 0 Å². The van der Waals surface area contributed by atoms with E-state index in [0.717, 1.165) is 12.0 Å². The molecule has 1 aromatic carbocycles. The Bertz CT molecular complexity index is 528. The van der Waals surface area contributed by atoms with Gasteiger partial charge in [-0.05, 0) is 18.4 Å². The summed E-state index contributed by atoms with van der Waals surface area (Å²) in [5, 5.41) is 18.6. The molecule has 2 aromatic rings. The zero-order valence-electron chi connectivity index (χ0n) is 10.3. The predicted octanol–water partition coefficient (Wildman–Crippen LogP) is 1.88. The lowest BCUT2D eigenvalue weighted by atomic mass is 10.1. The minimum Gasteiger partial charge on any atom is -0.492 e. The van der Waals surface area contributed by atoms with Gasteiger partial charge in [0.2, 0.25) is 11.8 Å². The lowest BCUT2D eigenvalue weighted by Crippen LogP contribution is -2.18. The normalized spacial score (nSPS) is 10.3. The smallest absolute Gasteiger partial charge is 0.333 e. The van der Waals surface area contributed by atoms with Gasteiger partial charge in [0.1, 0.15) is 0 Å². The maximum Gasteiger partial charge on any atom is 0.333 e. The number of aromatic hydroxyl groups is 2. The van der Waals surface area contributed by atoms with Crippen LogP contribution >= 0.6 is 0 Å². The average molecular weight is 261 g/mol. The van der Waals surface area contributed by atoms with Crippen LogP contribution in [0, 0.1) is 0 Å². The van der Waals surface area contributed by atoms with Crippen molar-refractivity contribution in [3.8, 4) is 11.8 Å². The molecule has 0 atom stereocenters. The van der Waals surface area contributed by atoms with Crippen molar-refractivity contribution in [1.82, 2.24) is 4.73 Å². The molecular weight excluding hydrogens is 246 g/mol. The second-order valence-electron chi connectivity index (χ2n) is 4.15. The van der Waals surface area contributed by atoms with E-state index in [1.165, 1.54) is 12.1 Å². The molecule has 5 nitrogen and oxygen atoms in total. The maximum absolute atomic E-state index is 11.5. The molecular formula is C14H15NO4. The van der Waals surface area contributed by atoms with Crippen LogP contribution in [-0.4, -0.2) is 20.9 Å². The molecule has 0 saturated carbocycles. The summed E-state index contributed by atoms with van der Waals surface area (Å²) in [7, 11) is 0. The van der Waals surface area contributed by atoms with Gasteiger partial charge in [-0.3, -0.25) is 0 Å². The van der Waals surface area contributed by atoms with Crippen LogP contribution in [0.3, 0.4) is 0 Å². The first kappa shape index (κ1) is 13.0. The van der Waals surface area contributed by atoms with Gasteiger partial charge in [0.05, 0.1) is 0 Å². The number of nitrogens with zero attached hydrogens (tertiary/aromatic N) is 1.